The highest BCUT2D eigenvalue weighted by molar-refractivity contribution is 5.20. The van der Waals surface area contributed by atoms with Gasteiger partial charge in [0, 0.05) is 31.7 Å². The van der Waals surface area contributed by atoms with Gasteiger partial charge in [0.05, 0.1) is 11.7 Å². The molecule has 116 valence electrons. The molecule has 0 bridgehead atoms. The highest BCUT2D eigenvalue weighted by Crippen LogP contribution is 2.23. The number of aryl methyl sites for hydroxylation is 1. The molecule has 1 atom stereocenters. The van der Waals surface area contributed by atoms with Gasteiger partial charge in [-0.15, -0.1) is 0 Å². The van der Waals surface area contributed by atoms with Gasteiger partial charge in [-0.2, -0.15) is 0 Å². The van der Waals surface area contributed by atoms with Crippen LogP contribution in [0.25, 0.3) is 0 Å². The summed E-state index contributed by atoms with van der Waals surface area (Å²) in [5, 5.41) is 3.38. The standard InChI is InChI=1S/C16H26N4O/c1-2-14(20-10-8-17-9-11-20)15-18-13-7-5-3-4-6-12(13)16(21)19-15/h14,17H,2-11H2,1H3,(H,18,19,21). The Morgan fingerprint density at radius 2 is 1.95 bits per heavy atom. The summed E-state index contributed by atoms with van der Waals surface area (Å²) in [6.45, 7) is 6.27. The van der Waals surface area contributed by atoms with Crippen LogP contribution in [0, 0.1) is 0 Å². The first-order chi connectivity index (χ1) is 10.3. The van der Waals surface area contributed by atoms with Gasteiger partial charge >= 0.3 is 0 Å². The lowest BCUT2D eigenvalue weighted by atomic mass is 10.1. The minimum atomic E-state index is 0.102. The zero-order valence-electron chi connectivity index (χ0n) is 13.0. The third-order valence-electron chi connectivity index (χ3n) is 4.75. The van der Waals surface area contributed by atoms with E-state index >= 15 is 0 Å². The Labute approximate surface area is 126 Å². The molecule has 1 aliphatic carbocycles. The lowest BCUT2D eigenvalue weighted by molar-refractivity contribution is 0.162. The van der Waals surface area contributed by atoms with Crippen molar-refractivity contribution in [2.45, 2.75) is 51.5 Å². The second-order valence-corrected chi connectivity index (χ2v) is 6.15. The van der Waals surface area contributed by atoms with Crippen LogP contribution >= 0.6 is 0 Å². The number of aromatic nitrogens is 2. The average Bonchev–Trinajstić information content (AvgIpc) is 2.75. The molecule has 1 fully saturated rings. The molecule has 0 radical (unpaired) electrons. The smallest absolute Gasteiger partial charge is 0.254 e. The molecule has 5 heteroatoms. The zero-order chi connectivity index (χ0) is 14.7. The number of aromatic amines is 1. The SMILES string of the molecule is CCC(c1nc2c(c(=O)[nH]1)CCCCC2)N1CCNCC1. The van der Waals surface area contributed by atoms with Crippen LogP contribution in [0.4, 0.5) is 0 Å². The summed E-state index contributed by atoms with van der Waals surface area (Å²) in [6, 6.07) is 0.244. The van der Waals surface area contributed by atoms with Gasteiger partial charge in [0.15, 0.2) is 0 Å². The van der Waals surface area contributed by atoms with E-state index in [-0.39, 0.29) is 11.6 Å². The maximum atomic E-state index is 12.4. The number of fused-ring (bicyclic) bond motifs is 1. The molecule has 2 N–H and O–H groups in total. The van der Waals surface area contributed by atoms with E-state index in [4.69, 9.17) is 4.98 Å². The third kappa shape index (κ3) is 3.19. The minimum Gasteiger partial charge on any atom is -0.314 e. The van der Waals surface area contributed by atoms with E-state index in [9.17, 15) is 4.79 Å². The Hall–Kier alpha value is -1.20. The fourth-order valence-electron chi connectivity index (χ4n) is 3.58. The van der Waals surface area contributed by atoms with Crippen LogP contribution in [0.1, 0.15) is 55.7 Å². The molecule has 0 saturated carbocycles. The molecular formula is C16H26N4O. The number of hydrogen-bond donors (Lipinski definition) is 2. The summed E-state index contributed by atoms with van der Waals surface area (Å²) in [6.07, 6.45) is 6.33. The fourth-order valence-corrected chi connectivity index (χ4v) is 3.58. The molecule has 1 aromatic heterocycles. The van der Waals surface area contributed by atoms with E-state index in [1.165, 1.54) is 6.42 Å². The van der Waals surface area contributed by atoms with Crippen LogP contribution in [0.3, 0.4) is 0 Å². The van der Waals surface area contributed by atoms with Gasteiger partial charge in [0.2, 0.25) is 0 Å². The summed E-state index contributed by atoms with van der Waals surface area (Å²) < 4.78 is 0. The number of hydrogen-bond acceptors (Lipinski definition) is 4. The number of nitrogens with one attached hydrogen (secondary N) is 2. The van der Waals surface area contributed by atoms with Gasteiger partial charge in [0.25, 0.3) is 5.56 Å². The summed E-state index contributed by atoms with van der Waals surface area (Å²) in [7, 11) is 0. The van der Waals surface area contributed by atoms with Crippen LogP contribution in [-0.4, -0.2) is 41.0 Å². The highest BCUT2D eigenvalue weighted by atomic mass is 16.1. The minimum absolute atomic E-state index is 0.102. The first kappa shape index (κ1) is 14.7. The Kier molecular flexibility index (Phi) is 4.70. The topological polar surface area (TPSA) is 61.0 Å². The van der Waals surface area contributed by atoms with E-state index in [1.807, 2.05) is 0 Å². The van der Waals surface area contributed by atoms with Crippen molar-refractivity contribution in [1.82, 2.24) is 20.2 Å². The molecule has 1 aromatic rings. The molecule has 3 rings (SSSR count). The molecule has 0 aromatic carbocycles. The Morgan fingerprint density at radius 3 is 2.71 bits per heavy atom. The molecule has 0 amide bonds. The lowest BCUT2D eigenvalue weighted by Gasteiger charge is -2.33. The molecule has 2 heterocycles. The normalized spacial score (nSPS) is 21.6. The van der Waals surface area contributed by atoms with Crippen molar-refractivity contribution in [3.8, 4) is 0 Å². The van der Waals surface area contributed by atoms with Gasteiger partial charge in [0.1, 0.15) is 5.82 Å². The Bertz CT molecular complexity index is 534. The summed E-state index contributed by atoms with van der Waals surface area (Å²) >= 11 is 0. The van der Waals surface area contributed by atoms with Crippen LogP contribution in [0.5, 0.6) is 0 Å². The third-order valence-corrected chi connectivity index (χ3v) is 4.75. The van der Waals surface area contributed by atoms with Gasteiger partial charge in [-0.3, -0.25) is 9.69 Å². The van der Waals surface area contributed by atoms with Gasteiger partial charge in [-0.25, -0.2) is 4.98 Å². The van der Waals surface area contributed by atoms with Crippen molar-refractivity contribution < 1.29 is 0 Å². The molecule has 1 aliphatic heterocycles. The fraction of sp³-hybridized carbons (Fsp3) is 0.750. The van der Waals surface area contributed by atoms with Gasteiger partial charge in [-0.1, -0.05) is 13.3 Å². The van der Waals surface area contributed by atoms with Crippen molar-refractivity contribution in [2.75, 3.05) is 26.2 Å². The predicted molar refractivity (Wildman–Crippen MR) is 83.6 cm³/mol. The second kappa shape index (κ2) is 6.71. The van der Waals surface area contributed by atoms with Gasteiger partial charge < -0.3 is 10.3 Å². The molecule has 5 nitrogen and oxygen atoms in total. The lowest BCUT2D eigenvalue weighted by Crippen LogP contribution is -2.45. The van der Waals surface area contributed by atoms with E-state index in [0.717, 1.165) is 75.4 Å². The summed E-state index contributed by atoms with van der Waals surface area (Å²) in [5.74, 6) is 0.880. The van der Waals surface area contributed by atoms with Crippen molar-refractivity contribution in [3.05, 3.63) is 27.4 Å². The van der Waals surface area contributed by atoms with Crippen LogP contribution < -0.4 is 10.9 Å². The van der Waals surface area contributed by atoms with Crippen LogP contribution in [-0.2, 0) is 12.8 Å². The predicted octanol–water partition coefficient (Wildman–Crippen LogP) is 1.40. The van der Waals surface area contributed by atoms with Gasteiger partial charge in [-0.05, 0) is 32.1 Å². The monoisotopic (exact) mass is 290 g/mol. The Balaban J connectivity index is 1.91. The molecule has 1 saturated heterocycles. The van der Waals surface area contributed by atoms with Crippen molar-refractivity contribution >= 4 is 0 Å². The number of rotatable bonds is 3. The molecule has 0 spiro atoms. The quantitative estimate of drug-likeness (QED) is 0.826. The summed E-state index contributed by atoms with van der Waals surface area (Å²) in [5.41, 5.74) is 2.09. The van der Waals surface area contributed by atoms with Crippen molar-refractivity contribution in [2.24, 2.45) is 0 Å². The van der Waals surface area contributed by atoms with E-state index in [2.05, 4.69) is 22.1 Å². The number of H-pyrrole nitrogens is 1. The van der Waals surface area contributed by atoms with E-state index in [0.29, 0.717) is 0 Å². The molecule has 2 aliphatic rings. The Morgan fingerprint density at radius 1 is 1.19 bits per heavy atom. The van der Waals surface area contributed by atoms with E-state index in [1.54, 1.807) is 0 Å². The number of nitrogens with zero attached hydrogens (tertiary/aromatic N) is 2. The van der Waals surface area contributed by atoms with Crippen LogP contribution in [0.2, 0.25) is 0 Å². The average molecular weight is 290 g/mol. The molecular weight excluding hydrogens is 264 g/mol. The first-order valence-corrected chi connectivity index (χ1v) is 8.36. The number of piperazine rings is 1. The first-order valence-electron chi connectivity index (χ1n) is 8.36. The maximum Gasteiger partial charge on any atom is 0.254 e. The van der Waals surface area contributed by atoms with Crippen molar-refractivity contribution in [3.63, 3.8) is 0 Å². The summed E-state index contributed by atoms with van der Waals surface area (Å²) in [4.78, 5) is 22.8. The molecule has 1 unspecified atom stereocenters. The van der Waals surface area contributed by atoms with Crippen LogP contribution in [0.15, 0.2) is 4.79 Å². The second-order valence-electron chi connectivity index (χ2n) is 6.15. The van der Waals surface area contributed by atoms with E-state index < -0.39 is 0 Å². The largest absolute Gasteiger partial charge is 0.314 e. The maximum absolute atomic E-state index is 12.4. The van der Waals surface area contributed by atoms with Crippen molar-refractivity contribution in [1.29, 1.82) is 0 Å². The zero-order valence-corrected chi connectivity index (χ0v) is 13.0. The molecule has 21 heavy (non-hydrogen) atoms. The highest BCUT2D eigenvalue weighted by Gasteiger charge is 2.24.